The monoisotopic (exact) mass is 363 g/mol. The van der Waals surface area contributed by atoms with Gasteiger partial charge in [-0.1, -0.05) is 18.2 Å². The van der Waals surface area contributed by atoms with Gasteiger partial charge in [-0.05, 0) is 63.2 Å². The molecule has 3 aromatic rings. The van der Waals surface area contributed by atoms with E-state index in [9.17, 15) is 4.79 Å². The lowest BCUT2D eigenvalue weighted by atomic mass is 10.0. The zero-order valence-corrected chi connectivity index (χ0v) is 16.7. The van der Waals surface area contributed by atoms with Gasteiger partial charge in [0.15, 0.2) is 5.43 Å². The molecule has 27 heavy (non-hydrogen) atoms. The molecule has 1 aliphatic rings. The molecule has 0 saturated carbocycles. The van der Waals surface area contributed by atoms with E-state index >= 15 is 0 Å². The van der Waals surface area contributed by atoms with Crippen LogP contribution in [0.5, 0.6) is 0 Å². The van der Waals surface area contributed by atoms with E-state index in [1.54, 1.807) is 0 Å². The van der Waals surface area contributed by atoms with Crippen LogP contribution < -0.4 is 5.43 Å². The number of rotatable bonds is 4. The van der Waals surface area contributed by atoms with Crippen LogP contribution in [-0.4, -0.2) is 54.1 Å². The van der Waals surface area contributed by atoms with Crippen LogP contribution in [0.3, 0.4) is 0 Å². The number of hydrogen-bond donors (Lipinski definition) is 0. The SMILES string of the molecule is Cc1cc(C)c2c(=O)c3ccccc3n(CCCN3CCN(C)CC3)c2c1. The minimum Gasteiger partial charge on any atom is -0.340 e. The third-order valence-electron chi connectivity index (χ3n) is 5.87. The number of para-hydroxylation sites is 1. The van der Waals surface area contributed by atoms with E-state index in [4.69, 9.17) is 0 Å². The molecule has 2 heterocycles. The first-order valence-electron chi connectivity index (χ1n) is 9.98. The van der Waals surface area contributed by atoms with Crippen LogP contribution in [0.2, 0.25) is 0 Å². The smallest absolute Gasteiger partial charge is 0.197 e. The Hall–Kier alpha value is -2.17. The maximum Gasteiger partial charge on any atom is 0.197 e. The molecular weight excluding hydrogens is 334 g/mol. The van der Waals surface area contributed by atoms with Crippen LogP contribution in [-0.2, 0) is 6.54 Å². The van der Waals surface area contributed by atoms with Crippen LogP contribution in [0.1, 0.15) is 17.5 Å². The Labute approximate surface area is 161 Å². The van der Waals surface area contributed by atoms with E-state index in [1.807, 2.05) is 18.2 Å². The zero-order chi connectivity index (χ0) is 19.0. The molecular formula is C23H29N3O. The highest BCUT2D eigenvalue weighted by Crippen LogP contribution is 2.23. The fourth-order valence-electron chi connectivity index (χ4n) is 4.38. The molecule has 1 aromatic heterocycles. The topological polar surface area (TPSA) is 28.5 Å². The third-order valence-corrected chi connectivity index (χ3v) is 5.87. The van der Waals surface area contributed by atoms with Gasteiger partial charge in [-0.2, -0.15) is 0 Å². The predicted octanol–water partition coefficient (Wildman–Crippen LogP) is 3.41. The van der Waals surface area contributed by atoms with E-state index in [0.29, 0.717) is 0 Å². The van der Waals surface area contributed by atoms with Gasteiger partial charge in [-0.3, -0.25) is 4.79 Å². The molecule has 1 saturated heterocycles. The molecule has 0 N–H and O–H groups in total. The molecule has 0 spiro atoms. The normalized spacial score (nSPS) is 16.4. The van der Waals surface area contributed by atoms with E-state index in [0.717, 1.165) is 73.1 Å². The first-order chi connectivity index (χ1) is 13.0. The van der Waals surface area contributed by atoms with Gasteiger partial charge in [0.05, 0.1) is 11.0 Å². The number of likely N-dealkylation sites (N-methyl/N-ethyl adjacent to an activating group) is 1. The Kier molecular flexibility index (Phi) is 5.02. The van der Waals surface area contributed by atoms with Gasteiger partial charge in [0, 0.05) is 43.5 Å². The Morgan fingerprint density at radius 3 is 2.44 bits per heavy atom. The first kappa shape index (κ1) is 18.2. The highest BCUT2D eigenvalue weighted by Gasteiger charge is 2.15. The van der Waals surface area contributed by atoms with Crippen molar-refractivity contribution in [1.29, 1.82) is 0 Å². The number of aromatic nitrogens is 1. The summed E-state index contributed by atoms with van der Waals surface area (Å²) in [5, 5.41) is 1.70. The van der Waals surface area contributed by atoms with Crippen molar-refractivity contribution in [3.8, 4) is 0 Å². The third kappa shape index (κ3) is 3.52. The molecule has 1 fully saturated rings. The maximum atomic E-state index is 13.1. The number of nitrogens with zero attached hydrogens (tertiary/aromatic N) is 3. The van der Waals surface area contributed by atoms with Crippen LogP contribution in [0.15, 0.2) is 41.2 Å². The van der Waals surface area contributed by atoms with Crippen molar-refractivity contribution < 1.29 is 0 Å². The minimum absolute atomic E-state index is 0.161. The van der Waals surface area contributed by atoms with Gasteiger partial charge in [-0.15, -0.1) is 0 Å². The van der Waals surface area contributed by atoms with Crippen molar-refractivity contribution in [3.05, 3.63) is 57.7 Å². The summed E-state index contributed by atoms with van der Waals surface area (Å²) in [6, 6.07) is 12.3. The summed E-state index contributed by atoms with van der Waals surface area (Å²) >= 11 is 0. The second-order valence-electron chi connectivity index (χ2n) is 7.97. The van der Waals surface area contributed by atoms with Crippen molar-refractivity contribution in [1.82, 2.24) is 14.4 Å². The average Bonchev–Trinajstić information content (AvgIpc) is 2.65. The van der Waals surface area contributed by atoms with Crippen LogP contribution in [0.4, 0.5) is 0 Å². The summed E-state index contributed by atoms with van der Waals surface area (Å²) in [4.78, 5) is 18.1. The van der Waals surface area contributed by atoms with Crippen LogP contribution in [0.25, 0.3) is 21.8 Å². The van der Waals surface area contributed by atoms with E-state index < -0.39 is 0 Å². The summed E-state index contributed by atoms with van der Waals surface area (Å²) < 4.78 is 2.36. The number of piperazine rings is 1. The molecule has 2 aromatic carbocycles. The molecule has 0 unspecified atom stereocenters. The number of hydrogen-bond acceptors (Lipinski definition) is 3. The first-order valence-corrected chi connectivity index (χ1v) is 9.98. The number of pyridine rings is 1. The van der Waals surface area contributed by atoms with E-state index in [-0.39, 0.29) is 5.43 Å². The standard InChI is InChI=1S/C23H29N3O/c1-17-15-18(2)22-21(16-17)26(20-8-5-4-7-19(20)23(22)27)10-6-9-25-13-11-24(3)12-14-25/h4-5,7-8,15-16H,6,9-14H2,1-3H3. The van der Waals surface area contributed by atoms with Gasteiger partial charge in [0.2, 0.25) is 0 Å². The molecule has 4 heteroatoms. The van der Waals surface area contributed by atoms with Crippen molar-refractivity contribution >= 4 is 21.8 Å². The summed E-state index contributed by atoms with van der Waals surface area (Å²) in [5.74, 6) is 0. The lowest BCUT2D eigenvalue weighted by Gasteiger charge is -2.32. The summed E-state index contributed by atoms with van der Waals surface area (Å²) in [5.41, 5.74) is 4.58. The van der Waals surface area contributed by atoms with Crippen molar-refractivity contribution in [2.45, 2.75) is 26.8 Å². The fraction of sp³-hybridized carbons (Fsp3) is 0.435. The van der Waals surface area contributed by atoms with E-state index in [1.165, 1.54) is 5.56 Å². The molecule has 4 rings (SSSR count). The van der Waals surface area contributed by atoms with Gasteiger partial charge in [-0.25, -0.2) is 0 Å². The van der Waals surface area contributed by atoms with Gasteiger partial charge in [0.1, 0.15) is 0 Å². The molecule has 1 aliphatic heterocycles. The van der Waals surface area contributed by atoms with Crippen LogP contribution in [0, 0.1) is 13.8 Å². The Bertz CT molecular complexity index is 1030. The lowest BCUT2D eigenvalue weighted by molar-refractivity contribution is 0.151. The van der Waals surface area contributed by atoms with Gasteiger partial charge < -0.3 is 14.4 Å². The minimum atomic E-state index is 0.161. The second-order valence-corrected chi connectivity index (χ2v) is 7.97. The summed E-state index contributed by atoms with van der Waals surface area (Å²) in [6.45, 7) is 10.8. The second kappa shape index (κ2) is 7.45. The largest absolute Gasteiger partial charge is 0.340 e. The highest BCUT2D eigenvalue weighted by molar-refractivity contribution is 5.95. The number of aryl methyl sites for hydroxylation is 3. The molecule has 0 aliphatic carbocycles. The molecule has 0 atom stereocenters. The van der Waals surface area contributed by atoms with Gasteiger partial charge in [0.25, 0.3) is 0 Å². The Morgan fingerprint density at radius 1 is 0.926 bits per heavy atom. The number of benzene rings is 2. The lowest BCUT2D eigenvalue weighted by Crippen LogP contribution is -2.44. The van der Waals surface area contributed by atoms with Crippen LogP contribution >= 0.6 is 0 Å². The van der Waals surface area contributed by atoms with E-state index in [2.05, 4.69) is 53.5 Å². The Morgan fingerprint density at radius 2 is 1.67 bits per heavy atom. The fourth-order valence-corrected chi connectivity index (χ4v) is 4.38. The maximum absolute atomic E-state index is 13.1. The molecule has 0 amide bonds. The van der Waals surface area contributed by atoms with Crippen molar-refractivity contribution in [3.63, 3.8) is 0 Å². The summed E-state index contributed by atoms with van der Waals surface area (Å²) in [7, 11) is 2.20. The van der Waals surface area contributed by atoms with Crippen molar-refractivity contribution in [2.24, 2.45) is 0 Å². The number of fused-ring (bicyclic) bond motifs is 2. The summed E-state index contributed by atoms with van der Waals surface area (Å²) in [6.07, 6.45) is 1.10. The quantitative estimate of drug-likeness (QED) is 0.665. The molecule has 4 nitrogen and oxygen atoms in total. The predicted molar refractivity (Wildman–Crippen MR) is 114 cm³/mol. The molecule has 142 valence electrons. The Balaban J connectivity index is 1.71. The average molecular weight is 364 g/mol. The molecule has 0 radical (unpaired) electrons. The highest BCUT2D eigenvalue weighted by atomic mass is 16.1. The van der Waals surface area contributed by atoms with Gasteiger partial charge >= 0.3 is 0 Å². The molecule has 0 bridgehead atoms. The zero-order valence-electron chi connectivity index (χ0n) is 16.7. The van der Waals surface area contributed by atoms with Crippen molar-refractivity contribution in [2.75, 3.05) is 39.8 Å².